The second-order valence-electron chi connectivity index (χ2n) is 7.05. The smallest absolute Gasteiger partial charge is 0.240 e. The van der Waals surface area contributed by atoms with Gasteiger partial charge in [-0.05, 0) is 31.9 Å². The van der Waals surface area contributed by atoms with E-state index in [0.29, 0.717) is 19.5 Å². The molecule has 2 N–H and O–H groups in total. The summed E-state index contributed by atoms with van der Waals surface area (Å²) >= 11 is 0. The van der Waals surface area contributed by atoms with E-state index in [-0.39, 0.29) is 12.5 Å². The molecule has 134 valence electrons. The largest absolute Gasteiger partial charge is 0.368 e. The van der Waals surface area contributed by atoms with Crippen molar-refractivity contribution in [3.63, 3.8) is 0 Å². The zero-order chi connectivity index (χ0) is 18.5. The number of carbonyl (C=O) groups is 2. The number of anilines is 2. The number of nitrogens with two attached hydrogens (primary N) is 1. The minimum atomic E-state index is -0.663. The second kappa shape index (κ2) is 5.79. The van der Waals surface area contributed by atoms with Gasteiger partial charge in [0.1, 0.15) is 12.4 Å². The van der Waals surface area contributed by atoms with Crippen molar-refractivity contribution in [2.75, 3.05) is 29.4 Å². The zero-order valence-electron chi connectivity index (χ0n) is 14.9. The fourth-order valence-electron chi connectivity index (χ4n) is 4.12. The predicted octanol–water partition coefficient (Wildman–Crippen LogP) is 1.07. The Balaban J connectivity index is 1.74. The highest BCUT2D eigenvalue weighted by molar-refractivity contribution is 6.11. The van der Waals surface area contributed by atoms with Crippen molar-refractivity contribution < 1.29 is 9.59 Å². The van der Waals surface area contributed by atoms with Gasteiger partial charge in [0.05, 0.1) is 16.8 Å². The summed E-state index contributed by atoms with van der Waals surface area (Å²) in [4.78, 5) is 37.5. The molecule has 7 nitrogen and oxygen atoms in total. The summed E-state index contributed by atoms with van der Waals surface area (Å²) in [6.45, 7) is 4.98. The van der Waals surface area contributed by atoms with Crippen molar-refractivity contribution in [1.82, 2.24) is 9.97 Å². The van der Waals surface area contributed by atoms with Crippen LogP contribution in [-0.4, -0.2) is 41.4 Å². The molecule has 0 aliphatic carbocycles. The van der Waals surface area contributed by atoms with E-state index in [2.05, 4.69) is 14.9 Å². The minimum absolute atomic E-state index is 0.0572. The van der Waals surface area contributed by atoms with Gasteiger partial charge in [0.2, 0.25) is 11.8 Å². The van der Waals surface area contributed by atoms with Gasteiger partial charge >= 0.3 is 0 Å². The molecule has 1 aromatic carbocycles. The molecule has 4 rings (SSSR count). The summed E-state index contributed by atoms with van der Waals surface area (Å²) in [5, 5.41) is 0. The summed E-state index contributed by atoms with van der Waals surface area (Å²) in [7, 11) is 0. The third kappa shape index (κ3) is 2.34. The summed E-state index contributed by atoms with van der Waals surface area (Å²) in [5.41, 5.74) is 8.15. The molecule has 0 saturated carbocycles. The third-order valence-corrected chi connectivity index (χ3v) is 5.30. The monoisotopic (exact) mass is 351 g/mol. The first-order valence-electron chi connectivity index (χ1n) is 8.67. The molecular formula is C19H21N5O2. The molecule has 2 amide bonds. The van der Waals surface area contributed by atoms with E-state index >= 15 is 0 Å². The van der Waals surface area contributed by atoms with Crippen molar-refractivity contribution >= 4 is 23.3 Å². The van der Waals surface area contributed by atoms with Crippen LogP contribution < -0.4 is 15.5 Å². The SMILES string of the molecule is Cc1cnc(C)c(N2CC[C@@]3(C2)C(=O)N(CC(N)=O)c2ccccc23)n1. The van der Waals surface area contributed by atoms with Gasteiger partial charge in [0, 0.05) is 25.0 Å². The Hall–Kier alpha value is -2.96. The van der Waals surface area contributed by atoms with Crippen LogP contribution in [0.5, 0.6) is 0 Å². The van der Waals surface area contributed by atoms with Crippen LogP contribution in [0.15, 0.2) is 30.5 Å². The Bertz CT molecular complexity index is 913. The van der Waals surface area contributed by atoms with Crippen LogP contribution in [0, 0.1) is 13.8 Å². The van der Waals surface area contributed by atoms with E-state index in [9.17, 15) is 9.59 Å². The number of primary amides is 1. The molecular weight excluding hydrogens is 330 g/mol. The number of hydrogen-bond donors (Lipinski definition) is 1. The molecule has 1 saturated heterocycles. The Kier molecular flexibility index (Phi) is 3.68. The van der Waals surface area contributed by atoms with E-state index in [1.807, 2.05) is 38.1 Å². The van der Waals surface area contributed by atoms with Gasteiger partial charge in [-0.15, -0.1) is 0 Å². The number of carbonyl (C=O) groups excluding carboxylic acids is 2. The summed E-state index contributed by atoms with van der Waals surface area (Å²) in [6, 6.07) is 7.67. The van der Waals surface area contributed by atoms with Crippen molar-refractivity contribution in [3.05, 3.63) is 47.4 Å². The maximum atomic E-state index is 13.3. The first kappa shape index (κ1) is 16.5. The molecule has 2 aliphatic heterocycles. The van der Waals surface area contributed by atoms with Crippen LogP contribution >= 0.6 is 0 Å². The number of hydrogen-bond acceptors (Lipinski definition) is 5. The van der Waals surface area contributed by atoms with E-state index < -0.39 is 11.3 Å². The van der Waals surface area contributed by atoms with E-state index in [1.54, 1.807) is 6.20 Å². The highest BCUT2D eigenvalue weighted by Crippen LogP contribution is 2.47. The summed E-state index contributed by atoms with van der Waals surface area (Å²) < 4.78 is 0. The number of fused-ring (bicyclic) bond motifs is 2. The van der Waals surface area contributed by atoms with Crippen LogP contribution in [0.2, 0.25) is 0 Å². The van der Waals surface area contributed by atoms with Crippen LogP contribution in [-0.2, 0) is 15.0 Å². The van der Waals surface area contributed by atoms with Gasteiger partial charge in [-0.1, -0.05) is 18.2 Å². The first-order valence-corrected chi connectivity index (χ1v) is 8.67. The Labute approximate surface area is 151 Å². The number of benzene rings is 1. The van der Waals surface area contributed by atoms with Crippen LogP contribution in [0.4, 0.5) is 11.5 Å². The molecule has 0 unspecified atom stereocenters. The molecule has 0 bridgehead atoms. The van der Waals surface area contributed by atoms with Crippen molar-refractivity contribution in [2.24, 2.45) is 5.73 Å². The number of amides is 2. The standard InChI is InChI=1S/C19H21N5O2/c1-12-9-21-13(2)17(22-12)23-8-7-19(11-23)14-5-3-4-6-15(14)24(18(19)26)10-16(20)25/h3-6,9H,7-8,10-11H2,1-2H3,(H2,20,25)/t19-/m0/s1. The second-order valence-corrected chi connectivity index (χ2v) is 7.05. The number of nitrogens with zero attached hydrogens (tertiary/aromatic N) is 4. The van der Waals surface area contributed by atoms with Gasteiger partial charge in [-0.3, -0.25) is 14.6 Å². The molecule has 26 heavy (non-hydrogen) atoms. The number of para-hydroxylation sites is 1. The lowest BCUT2D eigenvalue weighted by Gasteiger charge is -2.25. The molecule has 2 aliphatic rings. The number of aromatic nitrogens is 2. The van der Waals surface area contributed by atoms with Gasteiger partial charge in [-0.25, -0.2) is 4.98 Å². The minimum Gasteiger partial charge on any atom is -0.368 e. The lowest BCUT2D eigenvalue weighted by molar-refractivity contribution is -0.124. The highest BCUT2D eigenvalue weighted by Gasteiger charge is 2.54. The Morgan fingerprint density at radius 3 is 2.85 bits per heavy atom. The zero-order valence-corrected chi connectivity index (χ0v) is 14.9. The number of aryl methyl sites for hydroxylation is 2. The van der Waals surface area contributed by atoms with E-state index in [4.69, 9.17) is 5.73 Å². The Morgan fingerprint density at radius 1 is 1.31 bits per heavy atom. The lowest BCUT2D eigenvalue weighted by Crippen LogP contribution is -2.45. The summed E-state index contributed by atoms with van der Waals surface area (Å²) in [5.74, 6) is 0.249. The maximum Gasteiger partial charge on any atom is 0.240 e. The predicted molar refractivity (Wildman–Crippen MR) is 98.0 cm³/mol. The van der Waals surface area contributed by atoms with Crippen molar-refractivity contribution in [2.45, 2.75) is 25.7 Å². The molecule has 1 spiro atoms. The van der Waals surface area contributed by atoms with Crippen LogP contribution in [0.3, 0.4) is 0 Å². The molecule has 2 aromatic rings. The maximum absolute atomic E-state index is 13.3. The van der Waals surface area contributed by atoms with Gasteiger partial charge < -0.3 is 15.5 Å². The first-order chi connectivity index (χ1) is 12.4. The van der Waals surface area contributed by atoms with E-state index in [0.717, 1.165) is 28.5 Å². The highest BCUT2D eigenvalue weighted by atomic mass is 16.2. The third-order valence-electron chi connectivity index (χ3n) is 5.30. The molecule has 3 heterocycles. The lowest BCUT2D eigenvalue weighted by atomic mass is 9.81. The topological polar surface area (TPSA) is 92.4 Å². The quantitative estimate of drug-likeness (QED) is 0.893. The fraction of sp³-hybridized carbons (Fsp3) is 0.368. The molecule has 1 aromatic heterocycles. The van der Waals surface area contributed by atoms with Gasteiger partial charge in [-0.2, -0.15) is 0 Å². The summed E-state index contributed by atoms with van der Waals surface area (Å²) in [6.07, 6.45) is 2.42. The number of rotatable bonds is 3. The van der Waals surface area contributed by atoms with Gasteiger partial charge in [0.25, 0.3) is 0 Å². The molecule has 1 fully saturated rings. The average molecular weight is 351 g/mol. The Morgan fingerprint density at radius 2 is 2.08 bits per heavy atom. The van der Waals surface area contributed by atoms with Crippen molar-refractivity contribution in [1.29, 1.82) is 0 Å². The molecule has 0 radical (unpaired) electrons. The van der Waals surface area contributed by atoms with E-state index in [1.165, 1.54) is 4.90 Å². The van der Waals surface area contributed by atoms with Gasteiger partial charge in [0.15, 0.2) is 0 Å². The van der Waals surface area contributed by atoms with Crippen LogP contribution in [0.1, 0.15) is 23.4 Å². The van der Waals surface area contributed by atoms with Crippen LogP contribution in [0.25, 0.3) is 0 Å². The average Bonchev–Trinajstić information content (AvgIpc) is 3.15. The molecule has 7 heteroatoms. The fourth-order valence-corrected chi connectivity index (χ4v) is 4.12. The van der Waals surface area contributed by atoms with Crippen molar-refractivity contribution in [3.8, 4) is 0 Å². The normalized spacial score (nSPS) is 21.5. The molecule has 1 atom stereocenters.